The van der Waals surface area contributed by atoms with Crippen LogP contribution in [0.3, 0.4) is 0 Å². The van der Waals surface area contributed by atoms with Crippen molar-refractivity contribution in [1.82, 2.24) is 4.90 Å². The summed E-state index contributed by atoms with van der Waals surface area (Å²) in [5.41, 5.74) is 2.98. The average Bonchev–Trinajstić information content (AvgIpc) is 2.83. The van der Waals surface area contributed by atoms with E-state index >= 15 is 0 Å². The van der Waals surface area contributed by atoms with Gasteiger partial charge in [0.1, 0.15) is 0 Å². The summed E-state index contributed by atoms with van der Waals surface area (Å²) in [6.07, 6.45) is 1.26. The highest BCUT2D eigenvalue weighted by molar-refractivity contribution is 9.10. The van der Waals surface area contributed by atoms with Gasteiger partial charge in [0.25, 0.3) is 0 Å². The lowest BCUT2D eigenvalue weighted by Crippen LogP contribution is -2.43. The van der Waals surface area contributed by atoms with Crippen LogP contribution in [0.15, 0.2) is 56.7 Å². The summed E-state index contributed by atoms with van der Waals surface area (Å²) in [4.78, 5) is 7.68. The molecule has 4 rings (SSSR count). The molecule has 0 unspecified atom stereocenters. The van der Waals surface area contributed by atoms with Gasteiger partial charge in [-0.15, -0.1) is 0 Å². The number of rotatable bonds is 2. The molecule has 0 radical (unpaired) electrons. The van der Waals surface area contributed by atoms with Crippen LogP contribution in [-0.2, 0) is 0 Å². The van der Waals surface area contributed by atoms with Gasteiger partial charge in [0.15, 0.2) is 0 Å². The van der Waals surface area contributed by atoms with Crippen molar-refractivity contribution >= 4 is 33.4 Å². The molecule has 2 aromatic carbocycles. The zero-order valence-corrected chi connectivity index (χ0v) is 15.9. The van der Waals surface area contributed by atoms with Gasteiger partial charge in [-0.1, -0.05) is 39.8 Å². The number of likely N-dealkylation sites (tertiary alicyclic amines) is 1. The molecule has 0 saturated carbocycles. The summed E-state index contributed by atoms with van der Waals surface area (Å²) in [6, 6.07) is 16.1. The van der Waals surface area contributed by atoms with Crippen molar-refractivity contribution in [3.63, 3.8) is 0 Å². The minimum atomic E-state index is 0.652. The van der Waals surface area contributed by atoms with Crippen molar-refractivity contribution in [3.8, 4) is 0 Å². The van der Waals surface area contributed by atoms with Gasteiger partial charge in [0, 0.05) is 39.8 Å². The Labute approximate surface area is 151 Å². The van der Waals surface area contributed by atoms with E-state index in [0.717, 1.165) is 4.47 Å². The summed E-state index contributed by atoms with van der Waals surface area (Å²) in [6.45, 7) is 2.38. The molecule has 2 aromatic rings. The molecule has 2 aliphatic heterocycles. The van der Waals surface area contributed by atoms with Crippen molar-refractivity contribution in [1.29, 1.82) is 0 Å². The number of para-hydroxylation sites is 1. The standard InChI is InChI=1S/C19H21BrN2S/c1-21-11-10-17-16(12-21)15-4-3-5-18(19(15)22(17)2)23-14-8-6-13(20)7-9-14/h3-9,16-17H,10-12H2,1-2H3/t16-,17+/m1/s1. The quantitative estimate of drug-likeness (QED) is 0.726. The minimum Gasteiger partial charge on any atom is -0.370 e. The third-order valence-electron chi connectivity index (χ3n) is 5.10. The van der Waals surface area contributed by atoms with Gasteiger partial charge in [0.05, 0.1) is 5.69 Å². The molecule has 4 heteroatoms. The first-order chi connectivity index (χ1) is 11.1. The highest BCUT2D eigenvalue weighted by Crippen LogP contribution is 2.49. The summed E-state index contributed by atoms with van der Waals surface area (Å²) in [5, 5.41) is 0. The Morgan fingerprint density at radius 1 is 1.09 bits per heavy atom. The normalized spacial score (nSPS) is 23.7. The maximum Gasteiger partial charge on any atom is 0.0544 e. The van der Waals surface area contributed by atoms with Gasteiger partial charge in [-0.3, -0.25) is 0 Å². The Morgan fingerprint density at radius 2 is 1.87 bits per heavy atom. The van der Waals surface area contributed by atoms with Gasteiger partial charge in [-0.25, -0.2) is 0 Å². The van der Waals surface area contributed by atoms with Crippen LogP contribution >= 0.6 is 27.7 Å². The molecule has 2 heterocycles. The van der Waals surface area contributed by atoms with Gasteiger partial charge in [-0.2, -0.15) is 0 Å². The van der Waals surface area contributed by atoms with E-state index in [1.165, 1.54) is 40.6 Å². The predicted molar refractivity (Wildman–Crippen MR) is 102 cm³/mol. The van der Waals surface area contributed by atoms with Crippen LogP contribution in [0.4, 0.5) is 5.69 Å². The Morgan fingerprint density at radius 3 is 2.65 bits per heavy atom. The third-order valence-corrected chi connectivity index (χ3v) is 6.69. The number of fused-ring (bicyclic) bond motifs is 3. The highest BCUT2D eigenvalue weighted by Gasteiger charge is 2.40. The predicted octanol–water partition coefficient (Wildman–Crippen LogP) is 4.84. The maximum atomic E-state index is 3.52. The largest absolute Gasteiger partial charge is 0.370 e. The lowest BCUT2D eigenvalue weighted by atomic mass is 9.89. The van der Waals surface area contributed by atoms with E-state index in [4.69, 9.17) is 0 Å². The number of anilines is 1. The van der Waals surface area contributed by atoms with Crippen molar-refractivity contribution in [2.75, 3.05) is 32.1 Å². The van der Waals surface area contributed by atoms with Crippen LogP contribution in [0.5, 0.6) is 0 Å². The van der Waals surface area contributed by atoms with Crippen LogP contribution in [0.1, 0.15) is 17.9 Å². The Hall–Kier alpha value is -0.970. The fourth-order valence-electron chi connectivity index (χ4n) is 3.97. The lowest BCUT2D eigenvalue weighted by Gasteiger charge is -2.35. The first kappa shape index (κ1) is 15.6. The minimum absolute atomic E-state index is 0.652. The molecule has 0 aromatic heterocycles. The SMILES string of the molecule is CN1CC[C@H]2[C@H](C1)c1cccc(Sc3ccc(Br)cc3)c1N2C. The van der Waals surface area contributed by atoms with Gasteiger partial charge in [-0.05, 0) is 55.9 Å². The Bertz CT molecular complexity index is 716. The summed E-state index contributed by atoms with van der Waals surface area (Å²) >= 11 is 5.39. The molecule has 1 saturated heterocycles. The molecule has 23 heavy (non-hydrogen) atoms. The second-order valence-corrected chi connectivity index (χ2v) is 8.62. The molecule has 2 nitrogen and oxygen atoms in total. The number of hydrogen-bond donors (Lipinski definition) is 0. The molecule has 0 bridgehead atoms. The first-order valence-electron chi connectivity index (χ1n) is 8.11. The molecule has 2 atom stereocenters. The number of benzene rings is 2. The summed E-state index contributed by atoms with van der Waals surface area (Å²) in [7, 11) is 4.52. The van der Waals surface area contributed by atoms with E-state index in [-0.39, 0.29) is 0 Å². The summed E-state index contributed by atoms with van der Waals surface area (Å²) < 4.78 is 1.13. The van der Waals surface area contributed by atoms with Crippen molar-refractivity contribution in [3.05, 3.63) is 52.5 Å². The van der Waals surface area contributed by atoms with Crippen molar-refractivity contribution in [2.24, 2.45) is 0 Å². The van der Waals surface area contributed by atoms with E-state index < -0.39 is 0 Å². The lowest BCUT2D eigenvalue weighted by molar-refractivity contribution is 0.234. The molecular formula is C19H21BrN2S. The molecule has 0 spiro atoms. The van der Waals surface area contributed by atoms with Gasteiger partial charge in [0.2, 0.25) is 0 Å². The van der Waals surface area contributed by atoms with Crippen molar-refractivity contribution < 1.29 is 0 Å². The van der Waals surface area contributed by atoms with Crippen LogP contribution in [-0.4, -0.2) is 38.1 Å². The van der Waals surface area contributed by atoms with Crippen LogP contribution < -0.4 is 4.90 Å². The van der Waals surface area contributed by atoms with Crippen LogP contribution in [0.25, 0.3) is 0 Å². The molecule has 0 amide bonds. The molecular weight excluding hydrogens is 368 g/mol. The smallest absolute Gasteiger partial charge is 0.0544 e. The monoisotopic (exact) mass is 388 g/mol. The first-order valence-corrected chi connectivity index (χ1v) is 9.72. The Balaban J connectivity index is 1.70. The van der Waals surface area contributed by atoms with E-state index in [1.54, 1.807) is 0 Å². The highest BCUT2D eigenvalue weighted by atomic mass is 79.9. The Kier molecular flexibility index (Phi) is 4.16. The molecule has 1 fully saturated rings. The van der Waals surface area contributed by atoms with E-state index in [1.807, 2.05) is 11.8 Å². The zero-order valence-electron chi connectivity index (χ0n) is 13.5. The van der Waals surface area contributed by atoms with E-state index in [0.29, 0.717) is 12.0 Å². The van der Waals surface area contributed by atoms with Crippen LogP contribution in [0, 0.1) is 0 Å². The fraction of sp³-hybridized carbons (Fsp3) is 0.368. The topological polar surface area (TPSA) is 6.48 Å². The third kappa shape index (κ3) is 2.81. The zero-order chi connectivity index (χ0) is 16.0. The molecule has 0 aliphatic carbocycles. The van der Waals surface area contributed by atoms with Crippen molar-refractivity contribution in [2.45, 2.75) is 28.2 Å². The number of hydrogen-bond acceptors (Lipinski definition) is 3. The van der Waals surface area contributed by atoms with Crippen LogP contribution in [0.2, 0.25) is 0 Å². The molecule has 0 N–H and O–H groups in total. The molecule has 2 aliphatic rings. The number of piperidine rings is 1. The number of halogens is 1. The number of likely N-dealkylation sites (N-methyl/N-ethyl adjacent to an activating group) is 2. The fourth-order valence-corrected chi connectivity index (χ4v) is 5.26. The van der Waals surface area contributed by atoms with E-state index in [2.05, 4.69) is 82.3 Å². The van der Waals surface area contributed by atoms with E-state index in [9.17, 15) is 0 Å². The second kappa shape index (κ2) is 6.15. The molecule has 120 valence electrons. The second-order valence-electron chi connectivity index (χ2n) is 6.59. The summed E-state index contributed by atoms with van der Waals surface area (Å²) in [5.74, 6) is 0.652. The maximum absolute atomic E-state index is 3.52. The average molecular weight is 389 g/mol. The van der Waals surface area contributed by atoms with Gasteiger partial charge >= 0.3 is 0 Å². The number of nitrogens with zero attached hydrogens (tertiary/aromatic N) is 2. The van der Waals surface area contributed by atoms with Gasteiger partial charge < -0.3 is 9.80 Å².